The lowest BCUT2D eigenvalue weighted by molar-refractivity contribution is -0.137. The standard InChI is InChI=1S/C15H24N2O3/c1-10(18)12-5-7-13(8-6-12)16-15(20)14-4-3-9-17(14)11(2)19/h12-14H,3-9H2,1-2H3,(H,16,20)/t12?,13?,14-/m0/s1. The second kappa shape index (κ2) is 6.37. The van der Waals surface area contributed by atoms with Crippen molar-refractivity contribution in [2.45, 2.75) is 64.5 Å². The minimum absolute atomic E-state index is 0.0241. The molecule has 1 saturated heterocycles. The zero-order chi connectivity index (χ0) is 14.7. The molecule has 0 bridgehead atoms. The number of Topliss-reactive ketones (excluding diaryl/α,β-unsaturated/α-hetero) is 1. The van der Waals surface area contributed by atoms with Gasteiger partial charge in [0.25, 0.3) is 0 Å². The maximum Gasteiger partial charge on any atom is 0.243 e. The summed E-state index contributed by atoms with van der Waals surface area (Å²) in [5.41, 5.74) is 0. The van der Waals surface area contributed by atoms with E-state index in [0.717, 1.165) is 38.5 Å². The SMILES string of the molecule is CC(=O)C1CCC(NC(=O)[C@@H]2CCCN2C(C)=O)CC1. The number of likely N-dealkylation sites (tertiary alicyclic amines) is 1. The van der Waals surface area contributed by atoms with Crippen LogP contribution >= 0.6 is 0 Å². The molecule has 1 N–H and O–H groups in total. The van der Waals surface area contributed by atoms with Gasteiger partial charge in [-0.05, 0) is 45.4 Å². The highest BCUT2D eigenvalue weighted by atomic mass is 16.2. The molecular formula is C15H24N2O3. The Morgan fingerprint density at radius 2 is 1.65 bits per heavy atom. The summed E-state index contributed by atoms with van der Waals surface area (Å²) in [5.74, 6) is 0.378. The van der Waals surface area contributed by atoms with Crippen LogP contribution in [0.25, 0.3) is 0 Å². The highest BCUT2D eigenvalue weighted by Crippen LogP contribution is 2.25. The Balaban J connectivity index is 1.83. The molecule has 0 unspecified atom stereocenters. The highest BCUT2D eigenvalue weighted by Gasteiger charge is 2.34. The molecule has 1 aliphatic carbocycles. The Morgan fingerprint density at radius 3 is 2.20 bits per heavy atom. The van der Waals surface area contributed by atoms with Crippen LogP contribution < -0.4 is 5.32 Å². The number of hydrogen-bond acceptors (Lipinski definition) is 3. The van der Waals surface area contributed by atoms with E-state index in [9.17, 15) is 14.4 Å². The van der Waals surface area contributed by atoms with Crippen LogP contribution in [0, 0.1) is 5.92 Å². The summed E-state index contributed by atoms with van der Waals surface area (Å²) < 4.78 is 0. The third kappa shape index (κ3) is 3.38. The number of amides is 2. The van der Waals surface area contributed by atoms with E-state index in [4.69, 9.17) is 0 Å². The average Bonchev–Trinajstić information content (AvgIpc) is 2.88. The Labute approximate surface area is 120 Å². The van der Waals surface area contributed by atoms with Gasteiger partial charge in [-0.3, -0.25) is 14.4 Å². The van der Waals surface area contributed by atoms with E-state index >= 15 is 0 Å². The number of nitrogens with one attached hydrogen (secondary N) is 1. The molecule has 2 amide bonds. The minimum atomic E-state index is -0.293. The fourth-order valence-corrected chi connectivity index (χ4v) is 3.36. The van der Waals surface area contributed by atoms with Gasteiger partial charge in [-0.15, -0.1) is 0 Å². The lowest BCUT2D eigenvalue weighted by atomic mass is 9.84. The van der Waals surface area contributed by atoms with E-state index in [1.54, 1.807) is 11.8 Å². The van der Waals surface area contributed by atoms with Crippen molar-refractivity contribution in [1.82, 2.24) is 10.2 Å². The molecule has 0 spiro atoms. The van der Waals surface area contributed by atoms with E-state index < -0.39 is 0 Å². The van der Waals surface area contributed by atoms with Gasteiger partial charge in [-0.25, -0.2) is 0 Å². The van der Waals surface area contributed by atoms with Crippen LogP contribution in [0.2, 0.25) is 0 Å². The van der Waals surface area contributed by atoms with Crippen LogP contribution in [0.3, 0.4) is 0 Å². The van der Waals surface area contributed by atoms with Crippen molar-refractivity contribution in [3.05, 3.63) is 0 Å². The third-order valence-corrected chi connectivity index (χ3v) is 4.61. The van der Waals surface area contributed by atoms with Crippen LogP contribution in [-0.2, 0) is 14.4 Å². The molecule has 112 valence electrons. The molecule has 2 fully saturated rings. The number of rotatable bonds is 3. The van der Waals surface area contributed by atoms with Gasteiger partial charge in [0.1, 0.15) is 11.8 Å². The summed E-state index contributed by atoms with van der Waals surface area (Å²) in [7, 11) is 0. The zero-order valence-electron chi connectivity index (χ0n) is 12.4. The molecule has 1 saturated carbocycles. The molecule has 5 heteroatoms. The van der Waals surface area contributed by atoms with Crippen molar-refractivity contribution < 1.29 is 14.4 Å². The normalized spacial score (nSPS) is 30.1. The number of ketones is 1. The second-order valence-corrected chi connectivity index (χ2v) is 6.04. The third-order valence-electron chi connectivity index (χ3n) is 4.61. The maximum absolute atomic E-state index is 12.3. The molecule has 0 aromatic heterocycles. The van der Waals surface area contributed by atoms with Gasteiger partial charge >= 0.3 is 0 Å². The van der Waals surface area contributed by atoms with Crippen molar-refractivity contribution in [2.75, 3.05) is 6.54 Å². The molecule has 5 nitrogen and oxygen atoms in total. The van der Waals surface area contributed by atoms with Crippen LogP contribution in [0.1, 0.15) is 52.4 Å². The van der Waals surface area contributed by atoms with Gasteiger partial charge in [0.2, 0.25) is 11.8 Å². The number of carbonyl (C=O) groups excluding carboxylic acids is 3. The van der Waals surface area contributed by atoms with Gasteiger partial charge in [0, 0.05) is 25.4 Å². The summed E-state index contributed by atoms with van der Waals surface area (Å²) >= 11 is 0. The molecule has 0 aromatic rings. The van der Waals surface area contributed by atoms with E-state index in [0.29, 0.717) is 6.54 Å². The summed E-state index contributed by atoms with van der Waals surface area (Å²) in [6.07, 6.45) is 5.11. The Morgan fingerprint density at radius 1 is 1.00 bits per heavy atom. The average molecular weight is 280 g/mol. The molecule has 2 rings (SSSR count). The van der Waals surface area contributed by atoms with Gasteiger partial charge < -0.3 is 10.2 Å². The molecule has 1 heterocycles. The summed E-state index contributed by atoms with van der Waals surface area (Å²) in [4.78, 5) is 36.7. The topological polar surface area (TPSA) is 66.5 Å². The lowest BCUT2D eigenvalue weighted by Crippen LogP contribution is -2.49. The second-order valence-electron chi connectivity index (χ2n) is 6.04. The van der Waals surface area contributed by atoms with E-state index in [-0.39, 0.29) is 35.6 Å². The van der Waals surface area contributed by atoms with Crippen LogP contribution in [0.15, 0.2) is 0 Å². The number of carbonyl (C=O) groups is 3. The van der Waals surface area contributed by atoms with Crippen molar-refractivity contribution in [3.8, 4) is 0 Å². The van der Waals surface area contributed by atoms with Crippen LogP contribution in [0.5, 0.6) is 0 Å². The molecule has 2 aliphatic rings. The van der Waals surface area contributed by atoms with Crippen LogP contribution in [0.4, 0.5) is 0 Å². The number of hydrogen-bond donors (Lipinski definition) is 1. The first-order valence-corrected chi connectivity index (χ1v) is 7.57. The molecular weight excluding hydrogens is 256 g/mol. The zero-order valence-corrected chi connectivity index (χ0v) is 12.4. The first-order valence-electron chi connectivity index (χ1n) is 7.57. The number of nitrogens with zero attached hydrogens (tertiary/aromatic N) is 1. The molecule has 20 heavy (non-hydrogen) atoms. The Hall–Kier alpha value is -1.39. The largest absolute Gasteiger partial charge is 0.352 e. The highest BCUT2D eigenvalue weighted by molar-refractivity contribution is 5.87. The summed E-state index contributed by atoms with van der Waals surface area (Å²) in [6, 6.07) is -0.134. The smallest absolute Gasteiger partial charge is 0.243 e. The van der Waals surface area contributed by atoms with Crippen molar-refractivity contribution in [2.24, 2.45) is 5.92 Å². The fraction of sp³-hybridized carbons (Fsp3) is 0.800. The van der Waals surface area contributed by atoms with Crippen molar-refractivity contribution in [3.63, 3.8) is 0 Å². The summed E-state index contributed by atoms with van der Waals surface area (Å²) in [5, 5.41) is 3.06. The lowest BCUT2D eigenvalue weighted by Gasteiger charge is -2.30. The first kappa shape index (κ1) is 15.0. The van der Waals surface area contributed by atoms with Gasteiger partial charge in [0.05, 0.1) is 0 Å². The first-order chi connectivity index (χ1) is 9.49. The predicted molar refractivity (Wildman–Crippen MR) is 75.0 cm³/mol. The van der Waals surface area contributed by atoms with Crippen molar-refractivity contribution >= 4 is 17.6 Å². The van der Waals surface area contributed by atoms with E-state index in [2.05, 4.69) is 5.32 Å². The molecule has 1 atom stereocenters. The van der Waals surface area contributed by atoms with Gasteiger partial charge in [0.15, 0.2) is 0 Å². The molecule has 0 radical (unpaired) electrons. The molecule has 1 aliphatic heterocycles. The molecule has 0 aromatic carbocycles. The Bertz CT molecular complexity index is 400. The minimum Gasteiger partial charge on any atom is -0.352 e. The van der Waals surface area contributed by atoms with E-state index in [1.807, 2.05) is 0 Å². The Kier molecular flexibility index (Phi) is 4.78. The van der Waals surface area contributed by atoms with Crippen LogP contribution in [-0.4, -0.2) is 41.1 Å². The van der Waals surface area contributed by atoms with E-state index in [1.165, 1.54) is 6.92 Å². The van der Waals surface area contributed by atoms with Gasteiger partial charge in [-0.2, -0.15) is 0 Å². The quantitative estimate of drug-likeness (QED) is 0.846. The van der Waals surface area contributed by atoms with Crippen molar-refractivity contribution in [1.29, 1.82) is 0 Å². The maximum atomic E-state index is 12.3. The fourth-order valence-electron chi connectivity index (χ4n) is 3.36. The van der Waals surface area contributed by atoms with Gasteiger partial charge in [-0.1, -0.05) is 0 Å². The monoisotopic (exact) mass is 280 g/mol. The summed E-state index contributed by atoms with van der Waals surface area (Å²) in [6.45, 7) is 3.85. The predicted octanol–water partition coefficient (Wildman–Crippen LogP) is 1.26.